The average Bonchev–Trinajstić information content (AvgIpc) is 2.82. The molecule has 0 radical (unpaired) electrons. The molecular formula is C27H28N2O2. The highest BCUT2D eigenvalue weighted by Crippen LogP contribution is 2.24. The topological polar surface area (TPSA) is 51.2 Å². The second-order valence-corrected chi connectivity index (χ2v) is 7.19. The van der Waals surface area contributed by atoms with Crippen molar-refractivity contribution >= 4 is 17.2 Å². The van der Waals surface area contributed by atoms with Crippen LogP contribution in [0.1, 0.15) is 31.7 Å². The predicted molar refractivity (Wildman–Crippen MR) is 128 cm³/mol. The van der Waals surface area contributed by atoms with E-state index < -0.39 is 0 Å². The number of carbonyl (C=O) groups excluding carboxylic acids is 1. The van der Waals surface area contributed by atoms with Gasteiger partial charge < -0.3 is 10.1 Å². The summed E-state index contributed by atoms with van der Waals surface area (Å²) in [6.07, 6.45) is 12.1. The number of pyridine rings is 1. The molecule has 3 aromatic rings. The fraction of sp³-hybridized carbons (Fsp3) is 0.185. The normalized spacial score (nSPS) is 11.5. The highest BCUT2D eigenvalue weighted by molar-refractivity contribution is 5.99. The van der Waals surface area contributed by atoms with E-state index in [1.165, 1.54) is 5.57 Å². The summed E-state index contributed by atoms with van der Waals surface area (Å²) in [6, 6.07) is 19.7. The van der Waals surface area contributed by atoms with Crippen LogP contribution in [-0.2, 0) is 4.79 Å². The Labute approximate surface area is 184 Å². The maximum absolute atomic E-state index is 12.3. The Morgan fingerprint density at radius 2 is 1.81 bits per heavy atom. The summed E-state index contributed by atoms with van der Waals surface area (Å²) in [7, 11) is 1.66. The number of hydrogen-bond donors (Lipinski definition) is 1. The fourth-order valence-electron chi connectivity index (χ4n) is 3.21. The van der Waals surface area contributed by atoms with E-state index in [-0.39, 0.29) is 5.91 Å². The summed E-state index contributed by atoms with van der Waals surface area (Å²) in [4.78, 5) is 16.5. The third kappa shape index (κ3) is 6.68. The van der Waals surface area contributed by atoms with Gasteiger partial charge in [0.15, 0.2) is 0 Å². The summed E-state index contributed by atoms with van der Waals surface area (Å²) in [5.41, 5.74) is 5.21. The molecule has 4 nitrogen and oxygen atoms in total. The van der Waals surface area contributed by atoms with Crippen LogP contribution < -0.4 is 10.1 Å². The molecule has 0 spiro atoms. The molecule has 2 aromatic carbocycles. The van der Waals surface area contributed by atoms with E-state index in [1.54, 1.807) is 19.4 Å². The molecule has 1 aromatic heterocycles. The molecule has 0 atom stereocenters. The van der Waals surface area contributed by atoms with Gasteiger partial charge in [-0.15, -0.1) is 0 Å². The summed E-state index contributed by atoms with van der Waals surface area (Å²) < 4.78 is 5.24. The lowest BCUT2D eigenvalue weighted by atomic mass is 9.99. The molecule has 1 amide bonds. The number of aromatic nitrogens is 1. The first-order valence-electron chi connectivity index (χ1n) is 10.5. The highest BCUT2D eigenvalue weighted by Gasteiger charge is 2.03. The van der Waals surface area contributed by atoms with Gasteiger partial charge in [-0.1, -0.05) is 55.8 Å². The molecule has 0 fully saturated rings. The van der Waals surface area contributed by atoms with Crippen molar-refractivity contribution in [1.29, 1.82) is 0 Å². The van der Waals surface area contributed by atoms with Crippen LogP contribution in [0.5, 0.6) is 5.75 Å². The van der Waals surface area contributed by atoms with Crippen molar-refractivity contribution in [2.75, 3.05) is 12.4 Å². The van der Waals surface area contributed by atoms with E-state index >= 15 is 0 Å². The molecular weight excluding hydrogens is 384 g/mol. The van der Waals surface area contributed by atoms with Crippen molar-refractivity contribution in [2.24, 2.45) is 0 Å². The summed E-state index contributed by atoms with van der Waals surface area (Å²) in [5.74, 6) is 0.679. The number of carbonyl (C=O) groups is 1. The first kappa shape index (κ1) is 22.0. The largest absolute Gasteiger partial charge is 0.497 e. The number of benzene rings is 2. The molecule has 0 aliphatic carbocycles. The monoisotopic (exact) mass is 412 g/mol. The molecule has 0 aliphatic heterocycles. The standard InChI is InChI=1S/C27H28N2O2/c1-3-4-7-21(22-13-17-26(31-2)18-14-22)8-5-10-27(30)29-25-15-11-23(12-16-25)24-9-6-19-28-20-24/h5-6,8-20H,3-4,7H2,1-2H3,(H,29,30). The minimum atomic E-state index is -0.157. The SMILES string of the molecule is CCCCC(=CC=CC(=O)Nc1ccc(-c2cccnc2)cc1)c1ccc(OC)cc1. The molecule has 0 aliphatic rings. The first-order chi connectivity index (χ1) is 15.2. The second-order valence-electron chi connectivity index (χ2n) is 7.19. The van der Waals surface area contributed by atoms with E-state index in [4.69, 9.17) is 4.74 Å². The van der Waals surface area contributed by atoms with Gasteiger partial charge in [0, 0.05) is 24.2 Å². The maximum atomic E-state index is 12.3. The number of rotatable bonds is 9. The van der Waals surface area contributed by atoms with Gasteiger partial charge in [-0.05, 0) is 65.4 Å². The molecule has 158 valence electrons. The lowest BCUT2D eigenvalue weighted by Crippen LogP contribution is -2.07. The first-order valence-corrected chi connectivity index (χ1v) is 10.5. The minimum Gasteiger partial charge on any atom is -0.497 e. The zero-order valence-corrected chi connectivity index (χ0v) is 18.0. The van der Waals surface area contributed by atoms with Crippen LogP contribution in [0, 0.1) is 0 Å². The number of hydrogen-bond acceptors (Lipinski definition) is 3. The van der Waals surface area contributed by atoms with Crippen molar-refractivity contribution in [3.05, 3.63) is 96.8 Å². The van der Waals surface area contributed by atoms with Crippen molar-refractivity contribution < 1.29 is 9.53 Å². The van der Waals surface area contributed by atoms with Gasteiger partial charge in [-0.3, -0.25) is 9.78 Å². The molecule has 0 saturated carbocycles. The number of ether oxygens (including phenoxy) is 1. The van der Waals surface area contributed by atoms with E-state index in [0.717, 1.165) is 47.4 Å². The van der Waals surface area contributed by atoms with Crippen LogP contribution in [0.2, 0.25) is 0 Å². The number of unbranched alkanes of at least 4 members (excludes halogenated alkanes) is 1. The van der Waals surface area contributed by atoms with Gasteiger partial charge in [0.1, 0.15) is 5.75 Å². The number of amides is 1. The molecule has 1 N–H and O–H groups in total. The van der Waals surface area contributed by atoms with Gasteiger partial charge in [-0.25, -0.2) is 0 Å². The number of methoxy groups -OCH3 is 1. The number of nitrogens with zero attached hydrogens (tertiary/aromatic N) is 1. The Morgan fingerprint density at radius 1 is 1.03 bits per heavy atom. The third-order valence-corrected chi connectivity index (χ3v) is 4.95. The average molecular weight is 413 g/mol. The lowest BCUT2D eigenvalue weighted by molar-refractivity contribution is -0.111. The van der Waals surface area contributed by atoms with Crippen LogP contribution in [0.15, 0.2) is 91.3 Å². The van der Waals surface area contributed by atoms with Crippen LogP contribution >= 0.6 is 0 Å². The molecule has 4 heteroatoms. The van der Waals surface area contributed by atoms with Gasteiger partial charge in [0.05, 0.1) is 7.11 Å². The van der Waals surface area contributed by atoms with Crippen LogP contribution in [0.3, 0.4) is 0 Å². The number of allylic oxidation sites excluding steroid dienone is 3. The van der Waals surface area contributed by atoms with E-state index in [2.05, 4.69) is 29.4 Å². The number of nitrogens with one attached hydrogen (secondary N) is 1. The lowest BCUT2D eigenvalue weighted by Gasteiger charge is -2.08. The summed E-state index contributed by atoms with van der Waals surface area (Å²) in [6.45, 7) is 2.18. The Kier molecular flexibility index (Phi) is 8.18. The van der Waals surface area contributed by atoms with Crippen molar-refractivity contribution in [2.45, 2.75) is 26.2 Å². The van der Waals surface area contributed by atoms with Crippen LogP contribution in [0.25, 0.3) is 16.7 Å². The van der Waals surface area contributed by atoms with Crippen molar-refractivity contribution in [1.82, 2.24) is 4.98 Å². The molecule has 0 saturated heterocycles. The molecule has 0 unspecified atom stereocenters. The maximum Gasteiger partial charge on any atom is 0.248 e. The Hall–Kier alpha value is -3.66. The van der Waals surface area contributed by atoms with Gasteiger partial charge in [0.2, 0.25) is 5.91 Å². The smallest absolute Gasteiger partial charge is 0.248 e. The molecule has 0 bridgehead atoms. The van der Waals surface area contributed by atoms with Gasteiger partial charge in [-0.2, -0.15) is 0 Å². The Balaban J connectivity index is 1.64. The second kappa shape index (κ2) is 11.5. The molecule has 31 heavy (non-hydrogen) atoms. The number of anilines is 1. The minimum absolute atomic E-state index is 0.157. The Morgan fingerprint density at radius 3 is 2.45 bits per heavy atom. The van der Waals surface area contributed by atoms with Gasteiger partial charge >= 0.3 is 0 Å². The quantitative estimate of drug-likeness (QED) is 0.321. The predicted octanol–water partition coefficient (Wildman–Crippen LogP) is 6.53. The zero-order chi connectivity index (χ0) is 21.9. The van der Waals surface area contributed by atoms with Crippen LogP contribution in [0.4, 0.5) is 5.69 Å². The van der Waals surface area contributed by atoms with Crippen molar-refractivity contribution in [3.63, 3.8) is 0 Å². The van der Waals surface area contributed by atoms with Gasteiger partial charge in [0.25, 0.3) is 0 Å². The summed E-state index contributed by atoms with van der Waals surface area (Å²) in [5, 5.41) is 2.91. The molecule has 1 heterocycles. The Bertz CT molecular complexity index is 1020. The van der Waals surface area contributed by atoms with E-state index in [9.17, 15) is 4.79 Å². The molecule has 3 rings (SSSR count). The fourth-order valence-corrected chi connectivity index (χ4v) is 3.21. The van der Waals surface area contributed by atoms with E-state index in [1.807, 2.05) is 66.9 Å². The van der Waals surface area contributed by atoms with Crippen molar-refractivity contribution in [3.8, 4) is 16.9 Å². The summed E-state index contributed by atoms with van der Waals surface area (Å²) >= 11 is 0. The van der Waals surface area contributed by atoms with Crippen LogP contribution in [-0.4, -0.2) is 18.0 Å². The highest BCUT2D eigenvalue weighted by atomic mass is 16.5. The zero-order valence-electron chi connectivity index (χ0n) is 18.0. The van der Waals surface area contributed by atoms with E-state index in [0.29, 0.717) is 0 Å². The third-order valence-electron chi connectivity index (χ3n) is 4.95.